The highest BCUT2D eigenvalue weighted by Gasteiger charge is 2.44. The van der Waals surface area contributed by atoms with E-state index in [-0.39, 0.29) is 48.0 Å². The normalized spacial score (nSPS) is 18.5. The molecule has 0 spiro atoms. The van der Waals surface area contributed by atoms with Crippen LogP contribution >= 0.6 is 21.6 Å². The molecule has 4 atom stereocenters. The average molecular weight is 1000 g/mol. The van der Waals surface area contributed by atoms with Crippen LogP contribution in [-0.4, -0.2) is 90.1 Å². The number of amides is 4. The third kappa shape index (κ3) is 10.6. The lowest BCUT2D eigenvalue weighted by atomic mass is 10.1. The largest absolute Gasteiger partial charge is 0.493 e. The van der Waals surface area contributed by atoms with Gasteiger partial charge in [-0.2, -0.15) is 0 Å². The lowest BCUT2D eigenvalue weighted by molar-refractivity contribution is -0.120. The SMILES string of the molecule is CNC(=O)CCCSSC(C)(C)CCC(=O)Nc1cc(COc2cc3c(cc2OC)C(=O)N2c4ccccc4C[C@H]2C(O)N3)cc(COc2cc3c(cc2OC)C(=O)N2c4ccccc4C[C@H]2C(O)N3)c1. The molecule has 71 heavy (non-hydrogen) atoms. The van der Waals surface area contributed by atoms with Gasteiger partial charge in [-0.25, -0.2) is 0 Å². The summed E-state index contributed by atoms with van der Waals surface area (Å²) in [6.07, 6.45) is 0.966. The molecule has 0 saturated carbocycles. The molecule has 0 radical (unpaired) electrons. The number of hydrogen-bond donors (Lipinski definition) is 6. The van der Waals surface area contributed by atoms with Gasteiger partial charge in [0.25, 0.3) is 11.8 Å². The molecule has 2 unspecified atom stereocenters. The second-order valence-electron chi connectivity index (χ2n) is 18.5. The number of carbonyl (C=O) groups excluding carboxylic acids is 4. The topological polar surface area (TPSA) is 200 Å². The van der Waals surface area contributed by atoms with Crippen LogP contribution in [0.2, 0.25) is 0 Å². The van der Waals surface area contributed by atoms with Crippen molar-refractivity contribution < 1.29 is 48.3 Å². The van der Waals surface area contributed by atoms with Gasteiger partial charge in [0, 0.05) is 59.6 Å². The van der Waals surface area contributed by atoms with Crippen LogP contribution in [0.5, 0.6) is 23.0 Å². The summed E-state index contributed by atoms with van der Waals surface area (Å²) in [5.41, 5.74) is 6.78. The van der Waals surface area contributed by atoms with Crippen molar-refractivity contribution in [3.63, 3.8) is 0 Å². The fourth-order valence-electron chi connectivity index (χ4n) is 9.50. The Morgan fingerprint density at radius 2 is 1.21 bits per heavy atom. The maximum absolute atomic E-state index is 14.1. The number of hydrogen-bond acceptors (Lipinski definition) is 14. The van der Waals surface area contributed by atoms with Gasteiger partial charge in [0.15, 0.2) is 23.0 Å². The minimum Gasteiger partial charge on any atom is -0.493 e. The summed E-state index contributed by atoms with van der Waals surface area (Å²) in [5.74, 6) is 1.39. The maximum Gasteiger partial charge on any atom is 0.260 e. The van der Waals surface area contributed by atoms with E-state index in [1.165, 1.54) is 14.2 Å². The van der Waals surface area contributed by atoms with Gasteiger partial charge in [0.05, 0.1) is 48.8 Å². The number of methoxy groups -OCH3 is 2. The Bertz CT molecular complexity index is 2700. The Kier molecular flexibility index (Phi) is 14.6. The highest BCUT2D eigenvalue weighted by Crippen LogP contribution is 2.44. The lowest BCUT2D eigenvalue weighted by Crippen LogP contribution is -2.45. The molecule has 372 valence electrons. The number of aliphatic hydroxyl groups is 2. The molecule has 0 bridgehead atoms. The summed E-state index contributed by atoms with van der Waals surface area (Å²) >= 11 is 0. The first-order valence-corrected chi connectivity index (χ1v) is 25.9. The molecule has 5 aromatic rings. The van der Waals surface area contributed by atoms with E-state index in [0.717, 1.165) is 34.7 Å². The first-order valence-electron chi connectivity index (χ1n) is 23.6. The van der Waals surface area contributed by atoms with Gasteiger partial charge in [-0.3, -0.25) is 19.2 Å². The number of rotatable bonds is 18. The molecule has 0 saturated heterocycles. The number of anilines is 5. The maximum atomic E-state index is 14.1. The number of aliphatic hydroxyl groups excluding tert-OH is 2. The quantitative estimate of drug-likeness (QED) is 0.0366. The molecule has 0 aromatic heterocycles. The van der Waals surface area contributed by atoms with Crippen LogP contribution in [0.1, 0.15) is 82.5 Å². The molecule has 4 aliphatic heterocycles. The third-order valence-electron chi connectivity index (χ3n) is 13.1. The third-order valence-corrected chi connectivity index (χ3v) is 16.6. The summed E-state index contributed by atoms with van der Waals surface area (Å²) in [7, 11) is 8.02. The van der Waals surface area contributed by atoms with Gasteiger partial charge in [-0.1, -0.05) is 58.0 Å². The van der Waals surface area contributed by atoms with Crippen LogP contribution in [0.3, 0.4) is 0 Å². The molecule has 6 N–H and O–H groups in total. The minimum atomic E-state index is -1.06. The number of fused-ring (bicyclic) bond motifs is 8. The Morgan fingerprint density at radius 1 is 0.704 bits per heavy atom. The van der Waals surface area contributed by atoms with E-state index in [9.17, 15) is 29.4 Å². The summed E-state index contributed by atoms with van der Waals surface area (Å²) in [6, 6.07) is 26.3. The minimum absolute atomic E-state index is 0.0121. The van der Waals surface area contributed by atoms with E-state index in [4.69, 9.17) is 18.9 Å². The molecule has 4 amide bonds. The molecule has 9 rings (SSSR count). The van der Waals surface area contributed by atoms with Crippen molar-refractivity contribution in [2.24, 2.45) is 0 Å². The van der Waals surface area contributed by atoms with E-state index in [1.54, 1.807) is 62.7 Å². The van der Waals surface area contributed by atoms with E-state index < -0.39 is 24.5 Å². The number of nitrogens with one attached hydrogen (secondary N) is 4. The van der Waals surface area contributed by atoms with Crippen LogP contribution in [0.15, 0.2) is 91.0 Å². The highest BCUT2D eigenvalue weighted by atomic mass is 33.1. The predicted molar refractivity (Wildman–Crippen MR) is 277 cm³/mol. The van der Waals surface area contributed by atoms with Crippen LogP contribution in [-0.2, 0) is 35.6 Å². The van der Waals surface area contributed by atoms with Gasteiger partial charge in [0.1, 0.15) is 25.7 Å². The van der Waals surface area contributed by atoms with E-state index in [2.05, 4.69) is 35.1 Å². The summed E-state index contributed by atoms with van der Waals surface area (Å²) in [6.45, 7) is 4.22. The molecule has 4 aliphatic rings. The Labute approximate surface area is 420 Å². The number of carbonyl (C=O) groups is 4. The van der Waals surface area contributed by atoms with Crippen molar-refractivity contribution in [2.75, 3.05) is 52.8 Å². The molecule has 4 heterocycles. The van der Waals surface area contributed by atoms with Crippen LogP contribution in [0.25, 0.3) is 0 Å². The predicted octanol–water partition coefficient (Wildman–Crippen LogP) is 7.90. The van der Waals surface area contributed by atoms with Gasteiger partial charge in [0.2, 0.25) is 11.8 Å². The first-order chi connectivity index (χ1) is 34.2. The van der Waals surface area contributed by atoms with E-state index in [0.29, 0.717) is 88.0 Å². The van der Waals surface area contributed by atoms with E-state index in [1.807, 2.05) is 66.7 Å². The van der Waals surface area contributed by atoms with Crippen molar-refractivity contribution in [1.82, 2.24) is 5.32 Å². The van der Waals surface area contributed by atoms with Crippen LogP contribution in [0, 0.1) is 0 Å². The molecular formula is C53H58N6O10S2. The fourth-order valence-corrected chi connectivity index (χ4v) is 12.2. The smallest absolute Gasteiger partial charge is 0.260 e. The molecule has 0 fully saturated rings. The zero-order valence-electron chi connectivity index (χ0n) is 40.2. The van der Waals surface area contributed by atoms with Crippen molar-refractivity contribution in [1.29, 1.82) is 0 Å². The van der Waals surface area contributed by atoms with Crippen molar-refractivity contribution >= 4 is 73.7 Å². The highest BCUT2D eigenvalue weighted by molar-refractivity contribution is 8.77. The Morgan fingerprint density at radius 3 is 1.70 bits per heavy atom. The van der Waals surface area contributed by atoms with Crippen molar-refractivity contribution in [2.45, 2.75) is 94.9 Å². The summed E-state index contributed by atoms with van der Waals surface area (Å²) < 4.78 is 24.2. The molecular weight excluding hydrogens is 945 g/mol. The Balaban J connectivity index is 0.948. The zero-order valence-corrected chi connectivity index (χ0v) is 41.8. The van der Waals surface area contributed by atoms with Gasteiger partial charge >= 0.3 is 0 Å². The number of para-hydroxylation sites is 2. The van der Waals surface area contributed by atoms with Gasteiger partial charge in [-0.05, 0) is 104 Å². The summed E-state index contributed by atoms with van der Waals surface area (Å²) in [5, 5.41) is 34.8. The first kappa shape index (κ1) is 49.4. The number of nitrogens with zero attached hydrogens (tertiary/aromatic N) is 2. The monoisotopic (exact) mass is 1000 g/mol. The van der Waals surface area contributed by atoms with E-state index >= 15 is 0 Å². The number of benzene rings is 5. The number of ether oxygens (including phenoxy) is 4. The second kappa shape index (κ2) is 21.0. The van der Waals surface area contributed by atoms with Crippen LogP contribution < -0.4 is 50.0 Å². The molecule has 5 aromatic carbocycles. The average Bonchev–Trinajstić information content (AvgIpc) is 3.91. The standard InChI is InChI=1S/C53H58N6O10S2/c1-53(2,71-70-18-10-15-47(60)54-3)17-16-48(61)55-34-20-30(28-68-45-26-37-35(24-43(45)66-4)51(64)58-39-13-8-6-11-32(39)22-41(58)49(62)56-37)19-31(21-34)29-69-46-27-38-36(25-44(46)67-5)52(65)59-40-14-9-7-12-33(40)23-42(59)50(63)57-38/h6-9,11-14,19-21,24-27,41-42,49-50,56-57,62-63H,10,15-18,22-23,28-29H2,1-5H3,(H,54,60)(H,55,61)/t41-,42-,49?,50?/m0/s1. The van der Waals surface area contributed by atoms with Gasteiger partial charge < -0.3 is 60.2 Å². The van der Waals surface area contributed by atoms with Crippen LogP contribution in [0.4, 0.5) is 28.4 Å². The second-order valence-corrected chi connectivity index (χ2v) is 21.7. The molecule has 18 heteroatoms. The lowest BCUT2D eigenvalue weighted by Gasteiger charge is -2.26. The molecule has 0 aliphatic carbocycles. The van der Waals surface area contributed by atoms with Gasteiger partial charge in [-0.15, -0.1) is 0 Å². The Hall–Kier alpha value is -6.60. The zero-order chi connectivity index (χ0) is 50.0. The van der Waals surface area contributed by atoms with Crippen molar-refractivity contribution in [3.8, 4) is 23.0 Å². The van der Waals surface area contributed by atoms with Crippen molar-refractivity contribution in [3.05, 3.63) is 124 Å². The molecule has 16 nitrogen and oxygen atoms in total. The fraction of sp³-hybridized carbons (Fsp3) is 0.358. The summed E-state index contributed by atoms with van der Waals surface area (Å²) in [4.78, 5) is 56.8.